The average molecular weight is 251 g/mol. The number of carbonyl (C=O) groups excluding carboxylic acids is 1. The first-order chi connectivity index (χ1) is 8.54. The van der Waals surface area contributed by atoms with Gasteiger partial charge in [0.2, 0.25) is 0 Å². The normalized spacial score (nSPS) is 13.8. The molecule has 0 spiro atoms. The Balaban J connectivity index is 2.74. The molecule has 1 aromatic carbocycles. The molecule has 0 radical (unpaired) electrons. The zero-order valence-corrected chi connectivity index (χ0v) is 11.2. The molecule has 2 unspecified atom stereocenters. The van der Waals surface area contributed by atoms with Crippen molar-refractivity contribution in [3.8, 4) is 5.75 Å². The van der Waals surface area contributed by atoms with Crippen molar-refractivity contribution in [1.82, 2.24) is 0 Å². The minimum atomic E-state index is -0.612. The van der Waals surface area contributed by atoms with Crippen molar-refractivity contribution in [3.63, 3.8) is 0 Å². The van der Waals surface area contributed by atoms with Crippen LogP contribution in [0.3, 0.4) is 0 Å². The van der Waals surface area contributed by atoms with Crippen LogP contribution in [0.15, 0.2) is 24.3 Å². The molecule has 2 atom stereocenters. The zero-order chi connectivity index (χ0) is 13.5. The maximum atomic E-state index is 11.5. The second-order valence-electron chi connectivity index (χ2n) is 4.30. The Hall–Kier alpha value is -1.55. The van der Waals surface area contributed by atoms with E-state index in [0.717, 1.165) is 5.56 Å². The van der Waals surface area contributed by atoms with Gasteiger partial charge in [-0.1, -0.05) is 18.2 Å². The van der Waals surface area contributed by atoms with Crippen molar-refractivity contribution in [2.75, 3.05) is 6.61 Å². The summed E-state index contributed by atoms with van der Waals surface area (Å²) in [5, 5.41) is 0. The summed E-state index contributed by atoms with van der Waals surface area (Å²) in [6.07, 6.45) is 0.102. The maximum Gasteiger partial charge on any atom is 0.347 e. The smallest absolute Gasteiger partial charge is 0.347 e. The highest BCUT2D eigenvalue weighted by Crippen LogP contribution is 2.20. The summed E-state index contributed by atoms with van der Waals surface area (Å²) in [6, 6.07) is 7.65. The van der Waals surface area contributed by atoms with Gasteiger partial charge in [-0.2, -0.15) is 0 Å². The van der Waals surface area contributed by atoms with Crippen LogP contribution < -0.4 is 10.5 Å². The third-order valence-corrected chi connectivity index (χ3v) is 2.44. The summed E-state index contributed by atoms with van der Waals surface area (Å²) < 4.78 is 10.5. The van der Waals surface area contributed by atoms with E-state index in [9.17, 15) is 4.79 Å². The molecule has 1 aromatic rings. The third-order valence-electron chi connectivity index (χ3n) is 2.44. The van der Waals surface area contributed by atoms with Crippen molar-refractivity contribution in [2.24, 2.45) is 5.73 Å². The van der Waals surface area contributed by atoms with Crippen molar-refractivity contribution in [2.45, 2.75) is 39.3 Å². The Morgan fingerprint density at radius 2 is 2.00 bits per heavy atom. The van der Waals surface area contributed by atoms with Gasteiger partial charge in [0.05, 0.1) is 6.61 Å². The molecule has 0 heterocycles. The standard InChI is InChI=1S/C14H21NO3/c1-4-17-14(16)11(3)18-13-8-6-5-7-12(13)9-10(2)15/h5-8,10-11H,4,9,15H2,1-3H3. The predicted molar refractivity (Wildman–Crippen MR) is 70.5 cm³/mol. The van der Waals surface area contributed by atoms with Crippen LogP contribution in [0.4, 0.5) is 0 Å². The summed E-state index contributed by atoms with van der Waals surface area (Å²) in [7, 11) is 0. The monoisotopic (exact) mass is 251 g/mol. The Morgan fingerprint density at radius 1 is 1.33 bits per heavy atom. The fraction of sp³-hybridized carbons (Fsp3) is 0.500. The van der Waals surface area contributed by atoms with Gasteiger partial charge in [0.15, 0.2) is 6.10 Å². The molecule has 0 aliphatic heterocycles. The molecule has 4 nitrogen and oxygen atoms in total. The SMILES string of the molecule is CCOC(=O)C(C)Oc1ccccc1CC(C)N. The van der Waals surface area contributed by atoms with Gasteiger partial charge in [-0.25, -0.2) is 4.79 Å². The summed E-state index contributed by atoms with van der Waals surface area (Å²) >= 11 is 0. The van der Waals surface area contributed by atoms with Crippen LogP contribution in [0.25, 0.3) is 0 Å². The second kappa shape index (κ2) is 7.01. The van der Waals surface area contributed by atoms with Crippen LogP contribution in [0.2, 0.25) is 0 Å². The highest BCUT2D eigenvalue weighted by atomic mass is 16.6. The fourth-order valence-electron chi connectivity index (χ4n) is 1.63. The molecule has 4 heteroatoms. The largest absolute Gasteiger partial charge is 0.479 e. The molecule has 0 saturated carbocycles. The van der Waals surface area contributed by atoms with Crippen LogP contribution in [0.1, 0.15) is 26.3 Å². The van der Waals surface area contributed by atoms with Crippen LogP contribution in [0, 0.1) is 0 Å². The van der Waals surface area contributed by atoms with E-state index >= 15 is 0 Å². The first kappa shape index (κ1) is 14.5. The number of para-hydroxylation sites is 1. The number of esters is 1. The van der Waals surface area contributed by atoms with Gasteiger partial charge < -0.3 is 15.2 Å². The van der Waals surface area contributed by atoms with Gasteiger partial charge in [-0.3, -0.25) is 0 Å². The summed E-state index contributed by atoms with van der Waals surface area (Å²) in [4.78, 5) is 11.5. The van der Waals surface area contributed by atoms with E-state index in [4.69, 9.17) is 15.2 Å². The fourth-order valence-corrected chi connectivity index (χ4v) is 1.63. The Labute approximate surface area is 108 Å². The molecule has 0 amide bonds. The van der Waals surface area contributed by atoms with E-state index in [-0.39, 0.29) is 12.0 Å². The lowest BCUT2D eigenvalue weighted by Crippen LogP contribution is -2.27. The maximum absolute atomic E-state index is 11.5. The van der Waals surface area contributed by atoms with Gasteiger partial charge in [-0.15, -0.1) is 0 Å². The molecular formula is C14H21NO3. The molecule has 1 rings (SSSR count). The van der Waals surface area contributed by atoms with E-state index in [2.05, 4.69) is 0 Å². The summed E-state index contributed by atoms with van der Waals surface area (Å²) in [6.45, 7) is 5.74. The number of carbonyl (C=O) groups is 1. The molecule has 18 heavy (non-hydrogen) atoms. The molecule has 0 fully saturated rings. The van der Waals surface area contributed by atoms with E-state index in [0.29, 0.717) is 18.8 Å². The van der Waals surface area contributed by atoms with E-state index in [1.807, 2.05) is 31.2 Å². The van der Waals surface area contributed by atoms with Crippen LogP contribution in [-0.2, 0) is 16.0 Å². The van der Waals surface area contributed by atoms with Gasteiger partial charge in [0.25, 0.3) is 0 Å². The molecule has 0 aliphatic carbocycles. The first-order valence-electron chi connectivity index (χ1n) is 6.21. The number of hydrogen-bond acceptors (Lipinski definition) is 4. The Morgan fingerprint density at radius 3 is 2.61 bits per heavy atom. The van der Waals surface area contributed by atoms with Crippen molar-refractivity contribution >= 4 is 5.97 Å². The average Bonchev–Trinajstić information content (AvgIpc) is 2.31. The number of rotatable bonds is 6. The molecule has 2 N–H and O–H groups in total. The second-order valence-corrected chi connectivity index (χ2v) is 4.30. The van der Waals surface area contributed by atoms with Gasteiger partial charge in [0.1, 0.15) is 5.75 Å². The minimum Gasteiger partial charge on any atom is -0.479 e. The third kappa shape index (κ3) is 4.37. The number of benzene rings is 1. The predicted octanol–water partition coefficient (Wildman–Crippen LogP) is 1.91. The summed E-state index contributed by atoms with van der Waals surface area (Å²) in [5.74, 6) is 0.337. The van der Waals surface area contributed by atoms with E-state index in [1.54, 1.807) is 13.8 Å². The van der Waals surface area contributed by atoms with Crippen molar-refractivity contribution < 1.29 is 14.3 Å². The molecular weight excluding hydrogens is 230 g/mol. The Bertz CT molecular complexity index is 390. The molecule has 0 saturated heterocycles. The van der Waals surface area contributed by atoms with Gasteiger partial charge in [0, 0.05) is 6.04 Å². The van der Waals surface area contributed by atoms with Crippen molar-refractivity contribution in [1.29, 1.82) is 0 Å². The number of hydrogen-bond donors (Lipinski definition) is 1. The van der Waals surface area contributed by atoms with E-state index < -0.39 is 6.10 Å². The first-order valence-corrected chi connectivity index (χ1v) is 6.21. The van der Waals surface area contributed by atoms with Gasteiger partial charge in [-0.05, 0) is 38.8 Å². The zero-order valence-electron chi connectivity index (χ0n) is 11.2. The topological polar surface area (TPSA) is 61.5 Å². The van der Waals surface area contributed by atoms with Gasteiger partial charge >= 0.3 is 5.97 Å². The lowest BCUT2D eigenvalue weighted by Gasteiger charge is -2.17. The minimum absolute atomic E-state index is 0.0487. The van der Waals surface area contributed by atoms with E-state index in [1.165, 1.54) is 0 Å². The molecule has 0 aliphatic rings. The quantitative estimate of drug-likeness (QED) is 0.784. The molecule has 0 aromatic heterocycles. The van der Waals surface area contributed by atoms with Crippen LogP contribution in [-0.4, -0.2) is 24.7 Å². The van der Waals surface area contributed by atoms with Crippen LogP contribution in [0.5, 0.6) is 5.75 Å². The Kier molecular flexibility index (Phi) is 5.65. The molecule has 100 valence electrons. The van der Waals surface area contributed by atoms with Crippen molar-refractivity contribution in [3.05, 3.63) is 29.8 Å². The lowest BCUT2D eigenvalue weighted by molar-refractivity contribution is -0.150. The number of nitrogens with two attached hydrogens (primary N) is 1. The summed E-state index contributed by atoms with van der Waals surface area (Å²) in [5.41, 5.74) is 6.79. The number of ether oxygens (including phenoxy) is 2. The highest BCUT2D eigenvalue weighted by molar-refractivity contribution is 5.74. The molecule has 0 bridgehead atoms. The highest BCUT2D eigenvalue weighted by Gasteiger charge is 2.17. The lowest BCUT2D eigenvalue weighted by atomic mass is 10.1. The van der Waals surface area contributed by atoms with Crippen LogP contribution >= 0.6 is 0 Å².